The molecule has 1 aromatic heterocycles. The maximum atomic E-state index is 6.25. The highest BCUT2D eigenvalue weighted by Gasteiger charge is 2.41. The van der Waals surface area contributed by atoms with Crippen LogP contribution in [0.25, 0.3) is 10.2 Å². The fourth-order valence-corrected chi connectivity index (χ4v) is 11.3. The fourth-order valence-electron chi connectivity index (χ4n) is 4.89. The molecule has 2 unspecified atom stereocenters. The molecular formula is C24H33ClN2OSSi. The Morgan fingerprint density at radius 2 is 1.87 bits per heavy atom. The minimum Gasteiger partial charge on any atom is -0.476 e. The van der Waals surface area contributed by atoms with E-state index in [9.17, 15) is 0 Å². The van der Waals surface area contributed by atoms with Crippen molar-refractivity contribution in [3.8, 4) is 11.5 Å². The Balaban J connectivity index is 1.74. The van der Waals surface area contributed by atoms with Gasteiger partial charge in [-0.25, -0.2) is 4.98 Å². The molecule has 2 atom stereocenters. The minimum absolute atomic E-state index is 0.113. The van der Waals surface area contributed by atoms with Crippen molar-refractivity contribution in [3.63, 3.8) is 0 Å². The summed E-state index contributed by atoms with van der Waals surface area (Å²) >= 11 is 7.80. The maximum Gasteiger partial charge on any atom is 0.213 e. The largest absolute Gasteiger partial charge is 0.476 e. The van der Waals surface area contributed by atoms with E-state index in [0.29, 0.717) is 26.8 Å². The molecule has 1 fully saturated rings. The van der Waals surface area contributed by atoms with Crippen molar-refractivity contribution in [1.82, 2.24) is 4.98 Å². The second kappa shape index (κ2) is 9.42. The Hall–Kier alpha value is -1.35. The number of hydrogen-bond acceptors (Lipinski definition) is 4. The predicted octanol–water partition coefficient (Wildman–Crippen LogP) is 8.02. The monoisotopic (exact) mass is 460 g/mol. The molecule has 1 saturated heterocycles. The molecule has 1 aliphatic rings. The van der Waals surface area contributed by atoms with Gasteiger partial charge in [-0.1, -0.05) is 77.5 Å². The average molecular weight is 461 g/mol. The van der Waals surface area contributed by atoms with Crippen molar-refractivity contribution in [1.29, 1.82) is 0 Å². The number of aliphatic imine (C=N–C) groups is 1. The standard InChI is InChI=1S/C24H33ClN2OSSi/c1-15(2)30(16(3)4,17(5)6)13-9-10-19-14-18(7)23(28-19)27-24-26-22-20(25)11-8-12-21(22)29-24/h8,11-12,15-19H,10,14H2,1-7H3. The summed E-state index contributed by atoms with van der Waals surface area (Å²) < 4.78 is 7.25. The Kier molecular flexibility index (Phi) is 7.32. The van der Waals surface area contributed by atoms with Crippen LogP contribution in [-0.2, 0) is 4.74 Å². The van der Waals surface area contributed by atoms with Crippen LogP contribution in [0, 0.1) is 17.4 Å². The zero-order valence-corrected chi connectivity index (χ0v) is 21.7. The van der Waals surface area contributed by atoms with Crippen molar-refractivity contribution in [2.75, 3.05) is 0 Å². The Labute approximate surface area is 191 Å². The first-order chi connectivity index (χ1) is 14.1. The summed E-state index contributed by atoms with van der Waals surface area (Å²) in [6.45, 7) is 16.3. The summed E-state index contributed by atoms with van der Waals surface area (Å²) in [6, 6.07) is 5.82. The summed E-state index contributed by atoms with van der Waals surface area (Å²) in [7, 11) is -1.69. The molecule has 2 heterocycles. The quantitative estimate of drug-likeness (QED) is 0.334. The lowest BCUT2D eigenvalue weighted by atomic mass is 10.1. The molecule has 1 aliphatic heterocycles. The molecule has 162 valence electrons. The lowest BCUT2D eigenvalue weighted by Gasteiger charge is -2.38. The predicted molar refractivity (Wildman–Crippen MR) is 134 cm³/mol. The van der Waals surface area contributed by atoms with Crippen molar-refractivity contribution >= 4 is 52.3 Å². The number of para-hydroxylation sites is 1. The normalized spacial score (nSPS) is 21.0. The number of hydrogen-bond donors (Lipinski definition) is 0. The first-order valence-corrected chi connectivity index (χ1v) is 14.4. The topological polar surface area (TPSA) is 34.5 Å². The minimum atomic E-state index is -1.69. The number of nitrogens with zero attached hydrogens (tertiary/aromatic N) is 2. The molecule has 3 rings (SSSR count). The Morgan fingerprint density at radius 3 is 2.47 bits per heavy atom. The van der Waals surface area contributed by atoms with E-state index >= 15 is 0 Å². The van der Waals surface area contributed by atoms with E-state index in [-0.39, 0.29) is 12.0 Å². The molecule has 6 heteroatoms. The van der Waals surface area contributed by atoms with Gasteiger partial charge >= 0.3 is 0 Å². The zero-order chi connectivity index (χ0) is 22.1. The summed E-state index contributed by atoms with van der Waals surface area (Å²) in [5, 5.41) is 1.37. The van der Waals surface area contributed by atoms with Gasteiger partial charge in [0.25, 0.3) is 0 Å². The molecule has 0 saturated carbocycles. The summed E-state index contributed by atoms with van der Waals surface area (Å²) in [4.78, 5) is 9.30. The van der Waals surface area contributed by atoms with E-state index in [1.165, 1.54) is 0 Å². The second-order valence-electron chi connectivity index (χ2n) is 9.31. The molecular weight excluding hydrogens is 428 g/mol. The number of ether oxygens (including phenoxy) is 1. The van der Waals surface area contributed by atoms with Gasteiger partial charge in [-0.3, -0.25) is 0 Å². The van der Waals surface area contributed by atoms with Crippen molar-refractivity contribution in [2.24, 2.45) is 10.9 Å². The van der Waals surface area contributed by atoms with Gasteiger partial charge < -0.3 is 4.74 Å². The SMILES string of the molecule is CC1CC(CC#C[Si](C(C)C)(C(C)C)C(C)C)OC1=Nc1nc2c(Cl)cccc2s1. The Morgan fingerprint density at radius 1 is 1.20 bits per heavy atom. The maximum absolute atomic E-state index is 6.25. The number of fused-ring (bicyclic) bond motifs is 1. The number of thiazole rings is 1. The molecule has 0 N–H and O–H groups in total. The highest BCUT2D eigenvalue weighted by molar-refractivity contribution is 7.22. The zero-order valence-electron chi connectivity index (χ0n) is 19.1. The third-order valence-corrected chi connectivity index (χ3v) is 14.0. The number of benzene rings is 1. The van der Waals surface area contributed by atoms with Crippen LogP contribution in [0.3, 0.4) is 0 Å². The molecule has 2 aromatic rings. The summed E-state index contributed by atoms with van der Waals surface area (Å²) in [6.07, 6.45) is 1.84. The summed E-state index contributed by atoms with van der Waals surface area (Å²) in [5.41, 5.74) is 6.57. The third-order valence-electron chi connectivity index (χ3n) is 6.39. The highest BCUT2D eigenvalue weighted by atomic mass is 35.5. The van der Waals surface area contributed by atoms with E-state index < -0.39 is 8.07 Å². The van der Waals surface area contributed by atoms with Gasteiger partial charge in [0.15, 0.2) is 5.90 Å². The molecule has 3 nitrogen and oxygen atoms in total. The fraction of sp³-hybridized carbons (Fsp3) is 0.583. The van der Waals surface area contributed by atoms with Crippen LogP contribution in [0.5, 0.6) is 0 Å². The molecule has 1 aromatic carbocycles. The van der Waals surface area contributed by atoms with Gasteiger partial charge in [-0.2, -0.15) is 4.99 Å². The van der Waals surface area contributed by atoms with E-state index in [0.717, 1.165) is 29.0 Å². The number of halogens is 1. The van der Waals surface area contributed by atoms with E-state index in [4.69, 9.17) is 21.3 Å². The van der Waals surface area contributed by atoms with Gasteiger partial charge in [0.05, 0.1) is 9.72 Å². The van der Waals surface area contributed by atoms with E-state index in [2.05, 4.69) is 64.9 Å². The van der Waals surface area contributed by atoms with Gasteiger partial charge in [-0.15, -0.1) is 11.5 Å². The van der Waals surface area contributed by atoms with Crippen LogP contribution < -0.4 is 0 Å². The van der Waals surface area contributed by atoms with Crippen LogP contribution in [-0.4, -0.2) is 25.1 Å². The van der Waals surface area contributed by atoms with Crippen molar-refractivity contribution in [3.05, 3.63) is 23.2 Å². The average Bonchev–Trinajstić information content (AvgIpc) is 3.22. The third kappa shape index (κ3) is 4.61. The first-order valence-electron chi connectivity index (χ1n) is 10.9. The van der Waals surface area contributed by atoms with Gasteiger partial charge in [-0.05, 0) is 35.2 Å². The van der Waals surface area contributed by atoms with Crippen molar-refractivity contribution < 1.29 is 4.74 Å². The molecule has 0 radical (unpaired) electrons. The van der Waals surface area contributed by atoms with Crippen LogP contribution in [0.4, 0.5) is 5.13 Å². The van der Waals surface area contributed by atoms with Gasteiger partial charge in [0, 0.05) is 12.3 Å². The molecule has 0 amide bonds. The van der Waals surface area contributed by atoms with Crippen LogP contribution in [0.2, 0.25) is 21.6 Å². The second-order valence-corrected chi connectivity index (χ2v) is 16.3. The van der Waals surface area contributed by atoms with Gasteiger partial charge in [0.1, 0.15) is 19.7 Å². The molecule has 0 spiro atoms. The van der Waals surface area contributed by atoms with Crippen LogP contribution >= 0.6 is 22.9 Å². The first kappa shape index (κ1) is 23.3. The highest BCUT2D eigenvalue weighted by Crippen LogP contribution is 2.41. The molecule has 0 aliphatic carbocycles. The smallest absolute Gasteiger partial charge is 0.213 e. The Bertz CT molecular complexity index is 964. The van der Waals surface area contributed by atoms with Crippen LogP contribution in [0.15, 0.2) is 23.2 Å². The summed E-state index contributed by atoms with van der Waals surface area (Å²) in [5.74, 6) is 4.60. The van der Waals surface area contributed by atoms with Crippen LogP contribution in [0.1, 0.15) is 61.3 Å². The molecule has 0 bridgehead atoms. The van der Waals surface area contributed by atoms with E-state index in [1.807, 2.05) is 18.2 Å². The molecule has 30 heavy (non-hydrogen) atoms. The van der Waals surface area contributed by atoms with Crippen molar-refractivity contribution in [2.45, 2.75) is 84.0 Å². The lowest BCUT2D eigenvalue weighted by Crippen LogP contribution is -2.43. The van der Waals surface area contributed by atoms with E-state index in [1.54, 1.807) is 11.3 Å². The number of rotatable bonds is 5. The number of aromatic nitrogens is 1. The lowest BCUT2D eigenvalue weighted by molar-refractivity contribution is 0.224. The van der Waals surface area contributed by atoms with Gasteiger partial charge in [0.2, 0.25) is 5.13 Å².